The second-order valence-electron chi connectivity index (χ2n) is 5.44. The average Bonchev–Trinajstić information content (AvgIpc) is 3.20. The molecule has 3 rings (SSSR count). The Morgan fingerprint density at radius 1 is 1.32 bits per heavy atom. The number of benzene rings is 1. The number of carbonyl (C=O) groups excluding carboxylic acids is 1. The summed E-state index contributed by atoms with van der Waals surface area (Å²) in [5.74, 6) is 1.06. The number of para-hydroxylation sites is 1. The van der Waals surface area contributed by atoms with E-state index in [2.05, 4.69) is 10.1 Å². The molecular formula is C16H20N4O2. The van der Waals surface area contributed by atoms with E-state index in [1.54, 1.807) is 11.0 Å². The maximum absolute atomic E-state index is 12.2. The van der Waals surface area contributed by atoms with Crippen molar-refractivity contribution in [3.8, 4) is 5.75 Å². The van der Waals surface area contributed by atoms with E-state index in [9.17, 15) is 4.79 Å². The minimum absolute atomic E-state index is 0.0988. The highest BCUT2D eigenvalue weighted by Crippen LogP contribution is 2.18. The number of nitrogens with zero attached hydrogens (tertiary/aromatic N) is 4. The number of carbonyl (C=O) groups is 1. The van der Waals surface area contributed by atoms with Crippen LogP contribution in [0, 0.1) is 0 Å². The summed E-state index contributed by atoms with van der Waals surface area (Å²) in [5, 5.41) is 4.03. The molecule has 0 saturated carbocycles. The first kappa shape index (κ1) is 14.6. The third-order valence-electron chi connectivity index (χ3n) is 3.79. The van der Waals surface area contributed by atoms with Crippen molar-refractivity contribution in [3.63, 3.8) is 0 Å². The summed E-state index contributed by atoms with van der Waals surface area (Å²) in [7, 11) is 0. The van der Waals surface area contributed by atoms with Crippen molar-refractivity contribution < 1.29 is 9.53 Å². The lowest BCUT2D eigenvalue weighted by Gasteiger charge is -2.17. The van der Waals surface area contributed by atoms with Crippen molar-refractivity contribution in [2.75, 3.05) is 13.1 Å². The van der Waals surface area contributed by atoms with Gasteiger partial charge in [-0.3, -0.25) is 9.48 Å². The van der Waals surface area contributed by atoms with Gasteiger partial charge in [0.25, 0.3) is 0 Å². The molecule has 1 saturated heterocycles. The van der Waals surface area contributed by atoms with Crippen LogP contribution in [-0.4, -0.2) is 44.8 Å². The maximum atomic E-state index is 12.2. The van der Waals surface area contributed by atoms with E-state index >= 15 is 0 Å². The van der Waals surface area contributed by atoms with Gasteiger partial charge in [-0.25, -0.2) is 4.98 Å². The lowest BCUT2D eigenvalue weighted by atomic mass is 10.3. The van der Waals surface area contributed by atoms with Gasteiger partial charge >= 0.3 is 0 Å². The number of aromatic nitrogens is 3. The van der Waals surface area contributed by atoms with Crippen LogP contribution < -0.4 is 4.74 Å². The van der Waals surface area contributed by atoms with E-state index in [-0.39, 0.29) is 12.0 Å². The lowest BCUT2D eigenvalue weighted by molar-refractivity contribution is -0.130. The molecule has 0 bridgehead atoms. The van der Waals surface area contributed by atoms with Gasteiger partial charge in [-0.1, -0.05) is 18.2 Å². The van der Waals surface area contributed by atoms with Crippen molar-refractivity contribution in [1.29, 1.82) is 0 Å². The van der Waals surface area contributed by atoms with E-state index in [1.807, 2.05) is 35.2 Å². The molecule has 1 aromatic carbocycles. The first-order chi connectivity index (χ1) is 10.8. The Morgan fingerprint density at radius 2 is 2.18 bits per heavy atom. The Kier molecular flexibility index (Phi) is 4.68. The van der Waals surface area contributed by atoms with Crippen molar-refractivity contribution in [2.24, 2.45) is 0 Å². The third kappa shape index (κ3) is 3.84. The zero-order chi connectivity index (χ0) is 15.2. The Morgan fingerprint density at radius 3 is 2.95 bits per heavy atom. The Bertz CT molecular complexity index is 585. The second-order valence-corrected chi connectivity index (χ2v) is 5.44. The molecule has 22 heavy (non-hydrogen) atoms. The van der Waals surface area contributed by atoms with Gasteiger partial charge < -0.3 is 9.64 Å². The van der Waals surface area contributed by atoms with Gasteiger partial charge in [0.15, 0.2) is 0 Å². The summed E-state index contributed by atoms with van der Waals surface area (Å²) in [6.45, 7) is 2.18. The SMILES string of the molecule is O=C(CCCn1cncn1)N1CC[C@H](Oc2ccccc2)C1. The van der Waals surface area contributed by atoms with Crippen LogP contribution in [0.5, 0.6) is 5.75 Å². The zero-order valence-corrected chi connectivity index (χ0v) is 12.5. The van der Waals surface area contributed by atoms with Gasteiger partial charge in [0.2, 0.25) is 5.91 Å². The van der Waals surface area contributed by atoms with Gasteiger partial charge in [-0.2, -0.15) is 5.10 Å². The van der Waals surface area contributed by atoms with Crippen molar-refractivity contribution in [3.05, 3.63) is 43.0 Å². The van der Waals surface area contributed by atoms with Crippen molar-refractivity contribution in [2.45, 2.75) is 31.9 Å². The molecule has 6 nitrogen and oxygen atoms in total. The van der Waals surface area contributed by atoms with Gasteiger partial charge in [-0.15, -0.1) is 0 Å². The number of likely N-dealkylation sites (tertiary alicyclic amines) is 1. The van der Waals surface area contributed by atoms with E-state index in [0.29, 0.717) is 13.0 Å². The standard InChI is InChI=1S/C16H20N4O2/c21-16(7-4-9-20-13-17-12-18-20)19-10-8-15(11-19)22-14-5-2-1-3-6-14/h1-3,5-6,12-13,15H,4,7-11H2/t15-/m0/s1. The summed E-state index contributed by atoms with van der Waals surface area (Å²) >= 11 is 0. The van der Waals surface area contributed by atoms with Crippen LogP contribution in [-0.2, 0) is 11.3 Å². The maximum Gasteiger partial charge on any atom is 0.222 e. The number of ether oxygens (including phenoxy) is 1. The van der Waals surface area contributed by atoms with Gasteiger partial charge in [-0.05, 0) is 18.6 Å². The highest BCUT2D eigenvalue weighted by atomic mass is 16.5. The molecular weight excluding hydrogens is 280 g/mol. The first-order valence-electron chi connectivity index (χ1n) is 7.63. The molecule has 1 aliphatic heterocycles. The monoisotopic (exact) mass is 300 g/mol. The van der Waals surface area contributed by atoms with E-state index in [4.69, 9.17) is 4.74 Å². The van der Waals surface area contributed by atoms with Crippen LogP contribution in [0.2, 0.25) is 0 Å². The van der Waals surface area contributed by atoms with Gasteiger partial charge in [0, 0.05) is 25.9 Å². The van der Waals surface area contributed by atoms with Crippen LogP contribution >= 0.6 is 0 Å². The van der Waals surface area contributed by atoms with E-state index in [0.717, 1.165) is 31.7 Å². The molecule has 0 radical (unpaired) electrons. The second kappa shape index (κ2) is 7.06. The van der Waals surface area contributed by atoms with Crippen LogP contribution in [0.3, 0.4) is 0 Å². The molecule has 0 spiro atoms. The molecule has 2 heterocycles. The summed E-state index contributed by atoms with van der Waals surface area (Å²) in [6, 6.07) is 9.77. The largest absolute Gasteiger partial charge is 0.489 e. The predicted molar refractivity (Wildman–Crippen MR) is 81.3 cm³/mol. The molecule has 1 amide bonds. The topological polar surface area (TPSA) is 60.2 Å². The molecule has 0 unspecified atom stereocenters. The summed E-state index contributed by atoms with van der Waals surface area (Å²) in [5.41, 5.74) is 0. The quantitative estimate of drug-likeness (QED) is 0.815. The van der Waals surface area contributed by atoms with E-state index in [1.165, 1.54) is 6.33 Å². The minimum atomic E-state index is 0.0988. The van der Waals surface area contributed by atoms with Gasteiger partial charge in [0.05, 0.1) is 6.54 Å². The molecule has 116 valence electrons. The van der Waals surface area contributed by atoms with E-state index < -0.39 is 0 Å². The highest BCUT2D eigenvalue weighted by molar-refractivity contribution is 5.76. The number of hydrogen-bond acceptors (Lipinski definition) is 4. The summed E-state index contributed by atoms with van der Waals surface area (Å²) in [4.78, 5) is 18.0. The summed E-state index contributed by atoms with van der Waals surface area (Å²) < 4.78 is 7.65. The van der Waals surface area contributed by atoms with Crippen LogP contribution in [0.25, 0.3) is 0 Å². The molecule has 1 aliphatic rings. The molecule has 0 aliphatic carbocycles. The number of hydrogen-bond donors (Lipinski definition) is 0. The fraction of sp³-hybridized carbons (Fsp3) is 0.438. The van der Waals surface area contributed by atoms with Crippen molar-refractivity contribution in [1.82, 2.24) is 19.7 Å². The Hall–Kier alpha value is -2.37. The molecule has 1 fully saturated rings. The Balaban J connectivity index is 1.41. The zero-order valence-electron chi connectivity index (χ0n) is 12.5. The number of rotatable bonds is 6. The smallest absolute Gasteiger partial charge is 0.222 e. The molecule has 2 aromatic rings. The predicted octanol–water partition coefficient (Wildman–Crippen LogP) is 1.74. The van der Waals surface area contributed by atoms with Crippen LogP contribution in [0.4, 0.5) is 0 Å². The molecule has 1 aromatic heterocycles. The summed E-state index contributed by atoms with van der Waals surface area (Å²) in [6.07, 6.45) is 5.49. The molecule has 0 N–H and O–H groups in total. The third-order valence-corrected chi connectivity index (χ3v) is 3.79. The molecule has 6 heteroatoms. The fourth-order valence-corrected chi connectivity index (χ4v) is 2.64. The van der Waals surface area contributed by atoms with Crippen LogP contribution in [0.1, 0.15) is 19.3 Å². The highest BCUT2D eigenvalue weighted by Gasteiger charge is 2.27. The fourth-order valence-electron chi connectivity index (χ4n) is 2.64. The normalized spacial score (nSPS) is 17.6. The lowest BCUT2D eigenvalue weighted by Crippen LogP contribution is -2.30. The number of amides is 1. The average molecular weight is 300 g/mol. The number of aryl methyl sites for hydroxylation is 1. The van der Waals surface area contributed by atoms with Crippen molar-refractivity contribution >= 4 is 5.91 Å². The van der Waals surface area contributed by atoms with Crippen LogP contribution in [0.15, 0.2) is 43.0 Å². The molecule has 1 atom stereocenters. The van der Waals surface area contributed by atoms with Gasteiger partial charge in [0.1, 0.15) is 24.5 Å². The minimum Gasteiger partial charge on any atom is -0.489 e. The Labute approximate surface area is 129 Å². The first-order valence-corrected chi connectivity index (χ1v) is 7.63.